The third kappa shape index (κ3) is 6.58. The number of methoxy groups -OCH3 is 1. The maximum Gasteiger partial charge on any atom is 0.234 e. The van der Waals surface area contributed by atoms with Gasteiger partial charge in [0.25, 0.3) is 0 Å². The molecule has 1 aromatic rings. The predicted octanol–water partition coefficient (Wildman–Crippen LogP) is 0.769. The van der Waals surface area contributed by atoms with Gasteiger partial charge < -0.3 is 15.4 Å². The summed E-state index contributed by atoms with van der Waals surface area (Å²) in [6.45, 7) is 5.95. The van der Waals surface area contributed by atoms with Crippen LogP contribution in [-0.2, 0) is 16.1 Å². The Balaban J connectivity index is 2.38. The third-order valence-corrected chi connectivity index (χ3v) is 3.20. The highest BCUT2D eigenvalue weighted by Gasteiger charge is 2.12. The van der Waals surface area contributed by atoms with Gasteiger partial charge in [0.15, 0.2) is 0 Å². The molecule has 0 heterocycles. The smallest absolute Gasteiger partial charge is 0.234 e. The van der Waals surface area contributed by atoms with Crippen LogP contribution in [0.1, 0.15) is 19.4 Å². The highest BCUT2D eigenvalue weighted by molar-refractivity contribution is 5.81. The van der Waals surface area contributed by atoms with Crippen molar-refractivity contribution >= 4 is 11.8 Å². The number of benzene rings is 1. The van der Waals surface area contributed by atoms with Crippen molar-refractivity contribution in [2.24, 2.45) is 0 Å². The molecule has 0 unspecified atom stereocenters. The Bertz CT molecular complexity index is 474. The Morgan fingerprint density at radius 3 is 2.14 bits per heavy atom. The normalized spacial score (nSPS) is 10.4. The standard InChI is InChI=1S/C16H25N3O3/c1-4-17-15(20)11-19(5-2)12-16(21)18-10-13-6-8-14(22-3)9-7-13/h6-9H,4-5,10-12H2,1-3H3,(H,17,20)(H,18,21). The van der Waals surface area contributed by atoms with Gasteiger partial charge in [-0.2, -0.15) is 0 Å². The number of likely N-dealkylation sites (N-methyl/N-ethyl adjacent to an activating group) is 2. The molecule has 6 nitrogen and oxygen atoms in total. The number of carbonyl (C=O) groups excluding carboxylic acids is 2. The number of carbonyl (C=O) groups is 2. The van der Waals surface area contributed by atoms with Crippen molar-refractivity contribution in [2.45, 2.75) is 20.4 Å². The van der Waals surface area contributed by atoms with Gasteiger partial charge in [0.2, 0.25) is 11.8 Å². The molecule has 0 aromatic heterocycles. The second-order valence-corrected chi connectivity index (χ2v) is 4.88. The van der Waals surface area contributed by atoms with Crippen LogP contribution in [0.15, 0.2) is 24.3 Å². The molecule has 0 radical (unpaired) electrons. The third-order valence-electron chi connectivity index (χ3n) is 3.20. The van der Waals surface area contributed by atoms with Crippen LogP contribution in [0.2, 0.25) is 0 Å². The molecule has 0 bridgehead atoms. The minimum Gasteiger partial charge on any atom is -0.497 e. The summed E-state index contributed by atoms with van der Waals surface area (Å²) in [5.41, 5.74) is 1.00. The first-order chi connectivity index (χ1) is 10.6. The summed E-state index contributed by atoms with van der Waals surface area (Å²) < 4.78 is 5.09. The van der Waals surface area contributed by atoms with Gasteiger partial charge in [-0.05, 0) is 31.2 Å². The lowest BCUT2D eigenvalue weighted by Crippen LogP contribution is -2.42. The Hall–Kier alpha value is -2.08. The van der Waals surface area contributed by atoms with Gasteiger partial charge in [0, 0.05) is 13.1 Å². The molecule has 1 rings (SSSR count). The van der Waals surface area contributed by atoms with E-state index in [0.717, 1.165) is 11.3 Å². The molecule has 0 aliphatic carbocycles. The number of hydrogen-bond donors (Lipinski definition) is 2. The van der Waals surface area contributed by atoms with Crippen LogP contribution >= 0.6 is 0 Å². The van der Waals surface area contributed by atoms with E-state index >= 15 is 0 Å². The zero-order valence-electron chi connectivity index (χ0n) is 13.5. The molecule has 0 aliphatic rings. The van der Waals surface area contributed by atoms with E-state index in [0.29, 0.717) is 19.6 Å². The number of nitrogens with one attached hydrogen (secondary N) is 2. The average molecular weight is 307 g/mol. The lowest BCUT2D eigenvalue weighted by atomic mass is 10.2. The number of rotatable bonds is 9. The van der Waals surface area contributed by atoms with E-state index in [4.69, 9.17) is 4.74 Å². The Labute approximate surface area is 131 Å². The highest BCUT2D eigenvalue weighted by Crippen LogP contribution is 2.10. The quantitative estimate of drug-likeness (QED) is 0.707. The van der Waals surface area contributed by atoms with Crippen LogP contribution in [0.25, 0.3) is 0 Å². The zero-order valence-corrected chi connectivity index (χ0v) is 13.5. The Kier molecular flexibility index (Phi) is 7.99. The van der Waals surface area contributed by atoms with Crippen LogP contribution in [-0.4, -0.2) is 50.0 Å². The van der Waals surface area contributed by atoms with E-state index < -0.39 is 0 Å². The maximum atomic E-state index is 11.9. The van der Waals surface area contributed by atoms with Crippen molar-refractivity contribution in [3.63, 3.8) is 0 Å². The molecule has 2 amide bonds. The largest absolute Gasteiger partial charge is 0.497 e. The fraction of sp³-hybridized carbons (Fsp3) is 0.500. The summed E-state index contributed by atoms with van der Waals surface area (Å²) >= 11 is 0. The maximum absolute atomic E-state index is 11.9. The van der Waals surface area contributed by atoms with Gasteiger partial charge in [0.1, 0.15) is 5.75 Å². The molecule has 0 saturated carbocycles. The molecule has 22 heavy (non-hydrogen) atoms. The van der Waals surface area contributed by atoms with Gasteiger partial charge in [-0.1, -0.05) is 19.1 Å². The van der Waals surface area contributed by atoms with Crippen LogP contribution in [0.4, 0.5) is 0 Å². The lowest BCUT2D eigenvalue weighted by molar-refractivity contribution is -0.125. The van der Waals surface area contributed by atoms with E-state index in [9.17, 15) is 9.59 Å². The van der Waals surface area contributed by atoms with Crippen molar-refractivity contribution in [3.8, 4) is 5.75 Å². The van der Waals surface area contributed by atoms with Crippen LogP contribution in [0.5, 0.6) is 5.75 Å². The topological polar surface area (TPSA) is 70.7 Å². The van der Waals surface area contributed by atoms with Crippen molar-refractivity contribution in [1.82, 2.24) is 15.5 Å². The van der Waals surface area contributed by atoms with E-state index in [2.05, 4.69) is 10.6 Å². The minimum atomic E-state index is -0.0954. The van der Waals surface area contributed by atoms with Gasteiger partial charge in [0.05, 0.1) is 20.2 Å². The Morgan fingerprint density at radius 2 is 1.64 bits per heavy atom. The molecule has 122 valence electrons. The van der Waals surface area contributed by atoms with Crippen LogP contribution < -0.4 is 15.4 Å². The van der Waals surface area contributed by atoms with Crippen molar-refractivity contribution in [1.29, 1.82) is 0 Å². The van der Waals surface area contributed by atoms with E-state index in [1.807, 2.05) is 38.1 Å². The summed E-state index contributed by atoms with van der Waals surface area (Å²) in [5.74, 6) is 0.628. The van der Waals surface area contributed by atoms with Gasteiger partial charge in [-0.25, -0.2) is 0 Å². The molecule has 2 N–H and O–H groups in total. The highest BCUT2D eigenvalue weighted by atomic mass is 16.5. The number of ether oxygens (including phenoxy) is 1. The summed E-state index contributed by atoms with van der Waals surface area (Å²) in [7, 11) is 1.62. The van der Waals surface area contributed by atoms with Crippen molar-refractivity contribution in [2.75, 3.05) is 33.3 Å². The molecular weight excluding hydrogens is 282 g/mol. The van der Waals surface area contributed by atoms with Crippen LogP contribution in [0.3, 0.4) is 0 Å². The number of amides is 2. The van der Waals surface area contributed by atoms with E-state index in [-0.39, 0.29) is 24.9 Å². The number of nitrogens with zero attached hydrogens (tertiary/aromatic N) is 1. The fourth-order valence-corrected chi connectivity index (χ4v) is 1.94. The van der Waals surface area contributed by atoms with Gasteiger partial charge >= 0.3 is 0 Å². The summed E-state index contributed by atoms with van der Waals surface area (Å²) in [6.07, 6.45) is 0. The molecule has 6 heteroatoms. The van der Waals surface area contributed by atoms with E-state index in [1.54, 1.807) is 12.0 Å². The predicted molar refractivity (Wildman–Crippen MR) is 85.6 cm³/mol. The van der Waals surface area contributed by atoms with Gasteiger partial charge in [-0.15, -0.1) is 0 Å². The van der Waals surface area contributed by atoms with Crippen LogP contribution in [0, 0.1) is 0 Å². The second kappa shape index (κ2) is 9.78. The summed E-state index contributed by atoms with van der Waals surface area (Å²) in [5, 5.41) is 5.58. The lowest BCUT2D eigenvalue weighted by Gasteiger charge is -2.19. The molecular formula is C16H25N3O3. The average Bonchev–Trinajstić information content (AvgIpc) is 2.53. The monoisotopic (exact) mass is 307 g/mol. The zero-order chi connectivity index (χ0) is 16.4. The van der Waals surface area contributed by atoms with E-state index in [1.165, 1.54) is 0 Å². The fourth-order valence-electron chi connectivity index (χ4n) is 1.94. The summed E-state index contributed by atoms with van der Waals surface area (Å²) in [4.78, 5) is 25.3. The molecule has 0 spiro atoms. The molecule has 0 saturated heterocycles. The first kappa shape index (κ1) is 18.0. The molecule has 0 fully saturated rings. The Morgan fingerprint density at radius 1 is 1.05 bits per heavy atom. The SMILES string of the molecule is CCNC(=O)CN(CC)CC(=O)NCc1ccc(OC)cc1. The first-order valence-electron chi connectivity index (χ1n) is 7.47. The minimum absolute atomic E-state index is 0.0627. The second-order valence-electron chi connectivity index (χ2n) is 4.88. The molecule has 0 atom stereocenters. The van der Waals surface area contributed by atoms with Crippen molar-refractivity contribution in [3.05, 3.63) is 29.8 Å². The van der Waals surface area contributed by atoms with Gasteiger partial charge in [-0.3, -0.25) is 14.5 Å². The van der Waals surface area contributed by atoms with Crippen molar-refractivity contribution < 1.29 is 14.3 Å². The molecule has 0 aliphatic heterocycles. The molecule has 1 aromatic carbocycles. The first-order valence-corrected chi connectivity index (χ1v) is 7.47. The summed E-state index contributed by atoms with van der Waals surface area (Å²) in [6, 6.07) is 7.53. The number of hydrogen-bond acceptors (Lipinski definition) is 4.